The summed E-state index contributed by atoms with van der Waals surface area (Å²) in [6.45, 7) is 0.680. The number of carbonyl (C=O) groups is 2. The van der Waals surface area contributed by atoms with Crippen molar-refractivity contribution in [3.05, 3.63) is 59.1 Å². The summed E-state index contributed by atoms with van der Waals surface area (Å²) in [5.74, 6) is -0.413. The molecule has 0 aliphatic carbocycles. The molecule has 11 heteroatoms. The third kappa shape index (κ3) is 3.86. The van der Waals surface area contributed by atoms with E-state index in [1.54, 1.807) is 53.4 Å². The van der Waals surface area contributed by atoms with E-state index < -0.39 is 11.4 Å². The molecular weight excluding hydrogens is 446 g/mol. The lowest BCUT2D eigenvalue weighted by atomic mass is 9.75. The number of carboxylic acid groups (broad SMARTS) is 1. The molecule has 1 aromatic carbocycles. The van der Waals surface area contributed by atoms with Crippen LogP contribution in [0.25, 0.3) is 16.7 Å². The number of H-pyrrole nitrogens is 1. The minimum atomic E-state index is -1.01. The van der Waals surface area contributed by atoms with Crippen LogP contribution in [0.1, 0.15) is 28.9 Å². The molecule has 4 heterocycles. The van der Waals surface area contributed by atoms with Crippen LogP contribution < -0.4 is 0 Å². The number of hydrogen-bond donors (Lipinski definition) is 2. The van der Waals surface area contributed by atoms with E-state index in [4.69, 9.17) is 11.6 Å². The van der Waals surface area contributed by atoms with E-state index in [2.05, 4.69) is 20.4 Å². The van der Waals surface area contributed by atoms with Gasteiger partial charge in [0, 0.05) is 60.9 Å². The van der Waals surface area contributed by atoms with E-state index in [1.165, 1.54) is 4.68 Å². The molecule has 0 bridgehead atoms. The maximum Gasteiger partial charge on any atom is 0.310 e. The molecule has 33 heavy (non-hydrogen) atoms. The zero-order valence-corrected chi connectivity index (χ0v) is 18.7. The molecule has 10 nitrogen and oxygen atoms in total. The van der Waals surface area contributed by atoms with Gasteiger partial charge in [0.2, 0.25) is 0 Å². The molecule has 0 saturated carbocycles. The Morgan fingerprint density at radius 3 is 2.73 bits per heavy atom. The van der Waals surface area contributed by atoms with Crippen molar-refractivity contribution >= 4 is 34.4 Å². The van der Waals surface area contributed by atoms with E-state index in [0.29, 0.717) is 48.0 Å². The lowest BCUT2D eigenvalue weighted by Gasteiger charge is -2.38. The number of rotatable bonds is 5. The number of aromatic nitrogens is 6. The maximum absolute atomic E-state index is 13.2. The van der Waals surface area contributed by atoms with Gasteiger partial charge in [-0.25, -0.2) is 4.68 Å². The van der Waals surface area contributed by atoms with Crippen molar-refractivity contribution in [1.82, 2.24) is 34.7 Å². The summed E-state index contributed by atoms with van der Waals surface area (Å²) >= 11 is 6.11. The molecule has 1 fully saturated rings. The van der Waals surface area contributed by atoms with E-state index in [9.17, 15) is 14.7 Å². The summed E-state index contributed by atoms with van der Waals surface area (Å²) in [6.07, 6.45) is 6.07. The molecule has 2 N–H and O–H groups in total. The Balaban J connectivity index is 1.32. The molecule has 3 aromatic heterocycles. The normalized spacial score (nSPS) is 15.8. The van der Waals surface area contributed by atoms with Crippen LogP contribution in [0.2, 0.25) is 5.02 Å². The van der Waals surface area contributed by atoms with Gasteiger partial charge in [-0.3, -0.25) is 14.3 Å². The van der Waals surface area contributed by atoms with Crippen LogP contribution in [0.4, 0.5) is 0 Å². The Morgan fingerprint density at radius 1 is 1.24 bits per heavy atom. The number of carboxylic acids is 1. The number of fused-ring (bicyclic) bond motifs is 1. The molecular formula is C22H22ClN7O3. The smallest absolute Gasteiger partial charge is 0.310 e. The van der Waals surface area contributed by atoms with Crippen molar-refractivity contribution in [2.24, 2.45) is 12.5 Å². The first kappa shape index (κ1) is 21.2. The van der Waals surface area contributed by atoms with Crippen molar-refractivity contribution in [2.45, 2.75) is 19.3 Å². The molecule has 0 atom stereocenters. The number of aliphatic carboxylic acids is 1. The zero-order valence-electron chi connectivity index (χ0n) is 17.9. The Hall–Kier alpha value is -3.66. The molecule has 1 saturated heterocycles. The highest BCUT2D eigenvalue weighted by atomic mass is 35.5. The van der Waals surface area contributed by atoms with Gasteiger partial charge < -0.3 is 15.0 Å². The highest BCUT2D eigenvalue weighted by Gasteiger charge is 2.43. The summed E-state index contributed by atoms with van der Waals surface area (Å²) in [7, 11) is 1.81. The summed E-state index contributed by atoms with van der Waals surface area (Å²) in [5, 5.41) is 23.9. The number of aryl methyl sites for hydroxylation is 1. The summed E-state index contributed by atoms with van der Waals surface area (Å²) < 4.78 is 3.19. The molecule has 0 unspecified atom stereocenters. The number of likely N-dealkylation sites (tertiary alicyclic amines) is 1. The van der Waals surface area contributed by atoms with Gasteiger partial charge in [-0.15, -0.1) is 5.10 Å². The number of hydrogen-bond acceptors (Lipinski definition) is 5. The van der Waals surface area contributed by atoms with E-state index in [1.807, 2.05) is 6.07 Å². The second kappa shape index (κ2) is 8.04. The van der Waals surface area contributed by atoms with Crippen LogP contribution in [0.3, 0.4) is 0 Å². The third-order valence-electron chi connectivity index (χ3n) is 6.33. The molecule has 1 aliphatic rings. The minimum Gasteiger partial charge on any atom is -0.481 e. The fourth-order valence-electron chi connectivity index (χ4n) is 4.41. The predicted molar refractivity (Wildman–Crippen MR) is 120 cm³/mol. The predicted octanol–water partition coefficient (Wildman–Crippen LogP) is 2.69. The maximum atomic E-state index is 13.2. The number of nitrogens with one attached hydrogen (secondary N) is 1. The van der Waals surface area contributed by atoms with Crippen LogP contribution in [0.5, 0.6) is 0 Å². The first-order chi connectivity index (χ1) is 15.8. The first-order valence-electron chi connectivity index (χ1n) is 10.6. The van der Waals surface area contributed by atoms with Gasteiger partial charge in [-0.2, -0.15) is 5.10 Å². The van der Waals surface area contributed by atoms with E-state index in [-0.39, 0.29) is 12.3 Å². The molecule has 0 spiro atoms. The number of piperidine rings is 1. The molecule has 1 aliphatic heterocycles. The molecule has 5 rings (SSSR count). The Morgan fingerprint density at radius 2 is 2.03 bits per heavy atom. The number of nitrogens with zero attached hydrogens (tertiary/aromatic N) is 6. The molecule has 4 aromatic rings. The van der Waals surface area contributed by atoms with Gasteiger partial charge in [-0.1, -0.05) is 16.8 Å². The quantitative estimate of drug-likeness (QED) is 0.465. The monoisotopic (exact) mass is 467 g/mol. The van der Waals surface area contributed by atoms with Gasteiger partial charge in [0.15, 0.2) is 5.82 Å². The summed E-state index contributed by atoms with van der Waals surface area (Å²) in [6, 6.07) is 7.16. The number of benzene rings is 1. The molecule has 170 valence electrons. The van der Waals surface area contributed by atoms with Crippen LogP contribution in [0.15, 0.2) is 42.9 Å². The van der Waals surface area contributed by atoms with Crippen LogP contribution >= 0.6 is 11.6 Å². The first-order valence-corrected chi connectivity index (χ1v) is 10.9. The topological polar surface area (TPSA) is 122 Å². The van der Waals surface area contributed by atoms with E-state index >= 15 is 0 Å². The largest absolute Gasteiger partial charge is 0.481 e. The van der Waals surface area contributed by atoms with Crippen molar-refractivity contribution in [3.63, 3.8) is 0 Å². The standard InChI is InChI=1S/C22H22ClN7O3/c1-28-7-4-19(26-28)30-13-15(25-27-30)11-22(21(32)33)5-8-29(9-6-22)20(31)17-12-24-18-3-2-14(23)10-16(17)18/h2-4,7,10,12-13,24H,5-6,8-9,11H2,1H3,(H,32,33). The number of carbonyl (C=O) groups excluding carboxylic acids is 1. The lowest BCUT2D eigenvalue weighted by molar-refractivity contribution is -0.151. The minimum absolute atomic E-state index is 0.136. The van der Waals surface area contributed by atoms with Crippen LogP contribution in [-0.2, 0) is 18.3 Å². The summed E-state index contributed by atoms with van der Waals surface area (Å²) in [5.41, 5.74) is 0.934. The van der Waals surface area contributed by atoms with Crippen LogP contribution in [0, 0.1) is 5.41 Å². The Labute approximate surface area is 193 Å². The number of amides is 1. The van der Waals surface area contributed by atoms with Crippen molar-refractivity contribution < 1.29 is 14.7 Å². The SMILES string of the molecule is Cn1ccc(-n2cc(CC3(C(=O)O)CCN(C(=O)c4c[nH]c5ccc(Cl)cc45)CC3)nn2)n1. The van der Waals surface area contributed by atoms with Crippen LogP contribution in [-0.4, -0.2) is 64.7 Å². The van der Waals surface area contributed by atoms with Crippen molar-refractivity contribution in [2.75, 3.05) is 13.1 Å². The van der Waals surface area contributed by atoms with Gasteiger partial charge in [0.05, 0.1) is 22.9 Å². The highest BCUT2D eigenvalue weighted by molar-refractivity contribution is 6.31. The highest BCUT2D eigenvalue weighted by Crippen LogP contribution is 2.36. The second-order valence-corrected chi connectivity index (χ2v) is 8.89. The van der Waals surface area contributed by atoms with Crippen molar-refractivity contribution in [3.8, 4) is 5.82 Å². The fraction of sp³-hybridized carbons (Fsp3) is 0.318. The average Bonchev–Trinajstić information content (AvgIpc) is 3.53. The number of halogens is 1. The average molecular weight is 468 g/mol. The van der Waals surface area contributed by atoms with Gasteiger partial charge in [0.1, 0.15) is 0 Å². The number of aromatic amines is 1. The Kier molecular flexibility index (Phi) is 5.16. The Bertz CT molecular complexity index is 1350. The third-order valence-corrected chi connectivity index (χ3v) is 6.57. The summed E-state index contributed by atoms with van der Waals surface area (Å²) in [4.78, 5) is 30.3. The fourth-order valence-corrected chi connectivity index (χ4v) is 4.58. The van der Waals surface area contributed by atoms with Gasteiger partial charge >= 0.3 is 5.97 Å². The van der Waals surface area contributed by atoms with Crippen molar-refractivity contribution in [1.29, 1.82) is 0 Å². The molecule has 1 amide bonds. The van der Waals surface area contributed by atoms with Gasteiger partial charge in [0.25, 0.3) is 5.91 Å². The van der Waals surface area contributed by atoms with Gasteiger partial charge in [-0.05, 0) is 31.0 Å². The zero-order chi connectivity index (χ0) is 23.2. The molecule has 0 radical (unpaired) electrons. The van der Waals surface area contributed by atoms with E-state index in [0.717, 1.165) is 10.9 Å². The second-order valence-electron chi connectivity index (χ2n) is 8.45. The lowest BCUT2D eigenvalue weighted by Crippen LogP contribution is -2.47.